The third-order valence-electron chi connectivity index (χ3n) is 3.87. The summed E-state index contributed by atoms with van der Waals surface area (Å²) in [5.41, 5.74) is 0. The van der Waals surface area contributed by atoms with E-state index in [1.54, 1.807) is 0 Å². The first-order chi connectivity index (χ1) is 5.70. The summed E-state index contributed by atoms with van der Waals surface area (Å²) in [6.45, 7) is 7.04. The molecule has 1 heteroatoms. The van der Waals surface area contributed by atoms with Crippen molar-refractivity contribution in [3.05, 3.63) is 12.3 Å². The second-order valence-electron chi connectivity index (χ2n) is 4.52. The summed E-state index contributed by atoms with van der Waals surface area (Å²) >= 11 is 0. The molecule has 5 unspecified atom stereocenters. The number of rotatable bonds is 0. The van der Waals surface area contributed by atoms with Gasteiger partial charge in [-0.2, -0.15) is 0 Å². The molecule has 0 saturated heterocycles. The summed E-state index contributed by atoms with van der Waals surface area (Å²) in [5, 5.41) is 0. The van der Waals surface area contributed by atoms with Gasteiger partial charge < -0.3 is 4.74 Å². The van der Waals surface area contributed by atoms with E-state index < -0.39 is 0 Å². The number of hydrogen-bond acceptors (Lipinski definition) is 1. The van der Waals surface area contributed by atoms with Crippen LogP contribution in [0.3, 0.4) is 0 Å². The second kappa shape index (κ2) is 2.79. The van der Waals surface area contributed by atoms with Crippen LogP contribution in [0.5, 0.6) is 0 Å². The van der Waals surface area contributed by atoms with Crippen LogP contribution in [0.2, 0.25) is 0 Å². The Morgan fingerprint density at radius 3 is 2.67 bits per heavy atom. The van der Waals surface area contributed by atoms with Crippen LogP contribution in [0, 0.1) is 23.7 Å². The lowest BCUT2D eigenvalue weighted by atomic mass is 9.68. The SMILES string of the molecule is CC1CC2C=COC2C(C)C1C. The van der Waals surface area contributed by atoms with Crippen molar-refractivity contribution in [1.29, 1.82) is 0 Å². The van der Waals surface area contributed by atoms with Crippen molar-refractivity contribution in [2.45, 2.75) is 33.3 Å². The Morgan fingerprint density at radius 2 is 1.92 bits per heavy atom. The summed E-state index contributed by atoms with van der Waals surface area (Å²) in [5.74, 6) is 3.08. The van der Waals surface area contributed by atoms with E-state index in [9.17, 15) is 0 Å². The summed E-state index contributed by atoms with van der Waals surface area (Å²) in [6.07, 6.45) is 5.93. The van der Waals surface area contributed by atoms with E-state index in [4.69, 9.17) is 4.74 Å². The van der Waals surface area contributed by atoms with Gasteiger partial charge in [-0.1, -0.05) is 20.8 Å². The van der Waals surface area contributed by atoms with Crippen LogP contribution in [0.4, 0.5) is 0 Å². The van der Waals surface area contributed by atoms with Gasteiger partial charge in [0.2, 0.25) is 0 Å². The Labute approximate surface area is 74.8 Å². The fourth-order valence-electron chi connectivity index (χ4n) is 2.64. The standard InChI is InChI=1S/C11H18O/c1-7-6-10-4-5-12-11(10)9(3)8(7)2/h4-5,7-11H,6H2,1-3H3. The van der Waals surface area contributed by atoms with Crippen LogP contribution < -0.4 is 0 Å². The van der Waals surface area contributed by atoms with Crippen molar-refractivity contribution in [2.24, 2.45) is 23.7 Å². The van der Waals surface area contributed by atoms with Gasteiger partial charge >= 0.3 is 0 Å². The fourth-order valence-corrected chi connectivity index (χ4v) is 2.64. The average Bonchev–Trinajstić information content (AvgIpc) is 2.48. The molecule has 2 rings (SSSR count). The lowest BCUT2D eigenvalue weighted by Crippen LogP contribution is -2.38. The second-order valence-corrected chi connectivity index (χ2v) is 4.52. The van der Waals surface area contributed by atoms with Crippen LogP contribution in [-0.2, 0) is 4.74 Å². The smallest absolute Gasteiger partial charge is 0.107 e. The first-order valence-corrected chi connectivity index (χ1v) is 5.02. The maximum atomic E-state index is 5.61. The molecule has 0 radical (unpaired) electrons. The molecule has 0 amide bonds. The molecule has 1 saturated carbocycles. The molecule has 0 aromatic heterocycles. The number of ether oxygens (including phenoxy) is 1. The molecule has 1 aliphatic carbocycles. The topological polar surface area (TPSA) is 9.23 Å². The van der Waals surface area contributed by atoms with Gasteiger partial charge in [-0.3, -0.25) is 0 Å². The highest BCUT2D eigenvalue weighted by molar-refractivity contribution is 5.02. The molecular formula is C11H18O. The molecule has 1 fully saturated rings. The summed E-state index contributed by atoms with van der Waals surface area (Å²) < 4.78 is 5.61. The molecule has 1 nitrogen and oxygen atoms in total. The lowest BCUT2D eigenvalue weighted by Gasteiger charge is -2.39. The fraction of sp³-hybridized carbons (Fsp3) is 0.818. The minimum atomic E-state index is 0.483. The quantitative estimate of drug-likeness (QED) is 0.537. The third-order valence-corrected chi connectivity index (χ3v) is 3.87. The molecule has 0 aromatic carbocycles. The van der Waals surface area contributed by atoms with E-state index in [1.807, 2.05) is 6.26 Å². The van der Waals surface area contributed by atoms with Crippen LogP contribution in [-0.4, -0.2) is 6.10 Å². The normalized spacial score (nSPS) is 51.8. The van der Waals surface area contributed by atoms with Gasteiger partial charge in [0, 0.05) is 5.92 Å². The van der Waals surface area contributed by atoms with Gasteiger partial charge in [-0.15, -0.1) is 0 Å². The van der Waals surface area contributed by atoms with Crippen molar-refractivity contribution in [1.82, 2.24) is 0 Å². The number of hydrogen-bond donors (Lipinski definition) is 0. The Hall–Kier alpha value is -0.460. The van der Waals surface area contributed by atoms with Crippen LogP contribution >= 0.6 is 0 Å². The molecule has 0 N–H and O–H groups in total. The Kier molecular flexibility index (Phi) is 1.90. The van der Waals surface area contributed by atoms with E-state index in [-0.39, 0.29) is 0 Å². The van der Waals surface area contributed by atoms with Crippen LogP contribution in [0.1, 0.15) is 27.2 Å². The Morgan fingerprint density at radius 1 is 1.17 bits per heavy atom. The highest BCUT2D eigenvalue weighted by Crippen LogP contribution is 2.42. The van der Waals surface area contributed by atoms with Crippen molar-refractivity contribution in [3.63, 3.8) is 0 Å². The van der Waals surface area contributed by atoms with Gasteiger partial charge in [0.1, 0.15) is 6.10 Å². The van der Waals surface area contributed by atoms with Crippen LogP contribution in [0.25, 0.3) is 0 Å². The van der Waals surface area contributed by atoms with Gasteiger partial charge in [0.15, 0.2) is 0 Å². The van der Waals surface area contributed by atoms with Gasteiger partial charge in [-0.25, -0.2) is 0 Å². The first kappa shape index (κ1) is 8.15. The van der Waals surface area contributed by atoms with Crippen molar-refractivity contribution >= 4 is 0 Å². The molecule has 2 aliphatic rings. The minimum Gasteiger partial charge on any atom is -0.497 e. The van der Waals surface area contributed by atoms with E-state index in [1.165, 1.54) is 6.42 Å². The molecule has 1 aliphatic heterocycles. The maximum absolute atomic E-state index is 5.61. The highest BCUT2D eigenvalue weighted by atomic mass is 16.5. The highest BCUT2D eigenvalue weighted by Gasteiger charge is 2.40. The van der Waals surface area contributed by atoms with Crippen LogP contribution in [0.15, 0.2) is 12.3 Å². The minimum absolute atomic E-state index is 0.483. The van der Waals surface area contributed by atoms with Crippen molar-refractivity contribution < 1.29 is 4.74 Å². The molecule has 12 heavy (non-hydrogen) atoms. The zero-order valence-corrected chi connectivity index (χ0v) is 8.16. The molecule has 5 atom stereocenters. The molecule has 0 aromatic rings. The van der Waals surface area contributed by atoms with E-state index in [0.717, 1.165) is 11.8 Å². The molecule has 68 valence electrons. The Balaban J connectivity index is 2.13. The van der Waals surface area contributed by atoms with Crippen molar-refractivity contribution in [2.75, 3.05) is 0 Å². The largest absolute Gasteiger partial charge is 0.497 e. The Bertz CT molecular complexity index is 197. The number of fused-ring (bicyclic) bond motifs is 1. The molecule has 1 heterocycles. The van der Waals surface area contributed by atoms with E-state index >= 15 is 0 Å². The predicted molar refractivity (Wildman–Crippen MR) is 49.6 cm³/mol. The van der Waals surface area contributed by atoms with E-state index in [2.05, 4.69) is 26.8 Å². The third kappa shape index (κ3) is 1.07. The molecule has 0 spiro atoms. The zero-order valence-electron chi connectivity index (χ0n) is 8.16. The molecular weight excluding hydrogens is 148 g/mol. The van der Waals surface area contributed by atoms with Gasteiger partial charge in [-0.05, 0) is 30.3 Å². The average molecular weight is 166 g/mol. The van der Waals surface area contributed by atoms with Gasteiger partial charge in [0.25, 0.3) is 0 Å². The summed E-state index contributed by atoms with van der Waals surface area (Å²) in [7, 11) is 0. The summed E-state index contributed by atoms with van der Waals surface area (Å²) in [6, 6.07) is 0. The summed E-state index contributed by atoms with van der Waals surface area (Å²) in [4.78, 5) is 0. The molecule has 0 bridgehead atoms. The monoisotopic (exact) mass is 166 g/mol. The maximum Gasteiger partial charge on any atom is 0.107 e. The zero-order chi connectivity index (χ0) is 8.72. The van der Waals surface area contributed by atoms with Gasteiger partial charge in [0.05, 0.1) is 6.26 Å². The van der Waals surface area contributed by atoms with Crippen molar-refractivity contribution in [3.8, 4) is 0 Å². The predicted octanol–water partition coefficient (Wildman–Crippen LogP) is 2.83. The first-order valence-electron chi connectivity index (χ1n) is 5.02. The lowest BCUT2D eigenvalue weighted by molar-refractivity contribution is 0.00188. The van der Waals surface area contributed by atoms with E-state index in [0.29, 0.717) is 17.9 Å².